The van der Waals surface area contributed by atoms with Crippen LogP contribution in [0, 0.1) is 3.57 Å². The molecule has 0 aliphatic carbocycles. The first kappa shape index (κ1) is 11.1. The first-order valence-corrected chi connectivity index (χ1v) is 5.93. The van der Waals surface area contributed by atoms with Gasteiger partial charge in [-0.3, -0.25) is 0 Å². The Hall–Kier alpha value is -1.36. The van der Waals surface area contributed by atoms with Crippen LogP contribution in [0.2, 0.25) is 0 Å². The minimum atomic E-state index is 0.845. The molecule has 3 rings (SSSR count). The van der Waals surface area contributed by atoms with E-state index < -0.39 is 0 Å². The molecular weight excluding hydrogens is 313 g/mol. The molecule has 0 aliphatic rings. The number of oxazole rings is 1. The van der Waals surface area contributed by atoms with Crippen molar-refractivity contribution in [3.05, 3.63) is 64.6 Å². The van der Waals surface area contributed by atoms with Crippen molar-refractivity contribution in [2.24, 2.45) is 0 Å². The molecule has 0 atom stereocenters. The lowest BCUT2D eigenvalue weighted by Crippen LogP contribution is -1.61. The molecule has 0 spiro atoms. The Morgan fingerprint density at radius 3 is 2.19 bits per heavy atom. The number of rotatable bonds is 0. The number of nitrogens with zero attached hydrogens (tertiary/aromatic N) is 1. The maximum atomic E-state index is 5.01. The first-order valence-electron chi connectivity index (χ1n) is 4.85. The highest BCUT2D eigenvalue weighted by atomic mass is 127. The first-order chi connectivity index (χ1) is 7.86. The third-order valence-corrected chi connectivity index (χ3v) is 2.69. The van der Waals surface area contributed by atoms with Gasteiger partial charge >= 0.3 is 0 Å². The van der Waals surface area contributed by atoms with Crippen LogP contribution in [0.1, 0.15) is 0 Å². The lowest BCUT2D eigenvalue weighted by Gasteiger charge is -1.80. The fraction of sp³-hybridized carbons (Fsp3) is 0. The molecule has 3 heteroatoms. The summed E-state index contributed by atoms with van der Waals surface area (Å²) in [7, 11) is 0. The summed E-state index contributed by atoms with van der Waals surface area (Å²) in [6, 6.07) is 17.9. The number of halogens is 1. The van der Waals surface area contributed by atoms with Crippen molar-refractivity contribution in [3.8, 4) is 0 Å². The van der Waals surface area contributed by atoms with Gasteiger partial charge in [0.1, 0.15) is 5.52 Å². The zero-order valence-corrected chi connectivity index (χ0v) is 10.7. The van der Waals surface area contributed by atoms with Gasteiger partial charge in [0, 0.05) is 3.57 Å². The highest BCUT2D eigenvalue weighted by molar-refractivity contribution is 14.1. The molecule has 0 saturated carbocycles. The predicted octanol–water partition coefficient (Wildman–Crippen LogP) is 4.12. The molecule has 0 amide bonds. The van der Waals surface area contributed by atoms with Gasteiger partial charge in [0.05, 0.1) is 0 Å². The van der Waals surface area contributed by atoms with Gasteiger partial charge in [-0.15, -0.1) is 0 Å². The fourth-order valence-corrected chi connectivity index (χ4v) is 1.63. The van der Waals surface area contributed by atoms with E-state index in [2.05, 4.69) is 39.7 Å². The number of fused-ring (bicyclic) bond motifs is 1. The third kappa shape index (κ3) is 3.06. The van der Waals surface area contributed by atoms with E-state index in [0.717, 1.165) is 11.1 Å². The van der Waals surface area contributed by atoms with E-state index in [1.54, 1.807) is 0 Å². The molecule has 0 N–H and O–H groups in total. The van der Waals surface area contributed by atoms with Crippen LogP contribution < -0.4 is 0 Å². The van der Waals surface area contributed by atoms with Crippen molar-refractivity contribution in [3.63, 3.8) is 0 Å². The molecular formula is C13H10INO. The van der Waals surface area contributed by atoms with E-state index in [1.165, 1.54) is 9.96 Å². The molecule has 80 valence electrons. The van der Waals surface area contributed by atoms with Gasteiger partial charge in [-0.25, -0.2) is 4.98 Å². The number of hydrogen-bond donors (Lipinski definition) is 0. The van der Waals surface area contributed by atoms with Gasteiger partial charge in [-0.2, -0.15) is 0 Å². The highest BCUT2D eigenvalue weighted by Gasteiger charge is 1.91. The van der Waals surface area contributed by atoms with Gasteiger partial charge in [-0.1, -0.05) is 30.3 Å². The van der Waals surface area contributed by atoms with E-state index in [4.69, 9.17) is 4.42 Å². The Morgan fingerprint density at radius 1 is 0.875 bits per heavy atom. The second-order valence-electron chi connectivity index (χ2n) is 3.12. The predicted molar refractivity (Wildman–Crippen MR) is 73.2 cm³/mol. The SMILES string of the molecule is Ic1ccccc1.c1ccc2ocnc2c1. The van der Waals surface area contributed by atoms with Gasteiger partial charge in [0.2, 0.25) is 0 Å². The van der Waals surface area contributed by atoms with Crippen LogP contribution in [0.15, 0.2) is 65.4 Å². The van der Waals surface area contributed by atoms with Crippen molar-refractivity contribution in [2.45, 2.75) is 0 Å². The summed E-state index contributed by atoms with van der Waals surface area (Å²) in [6.45, 7) is 0. The molecule has 0 fully saturated rings. The zero-order valence-electron chi connectivity index (χ0n) is 8.51. The number of benzene rings is 2. The number of hydrogen-bond acceptors (Lipinski definition) is 2. The Kier molecular flexibility index (Phi) is 3.93. The summed E-state index contributed by atoms with van der Waals surface area (Å²) >= 11 is 2.28. The number of para-hydroxylation sites is 2. The second-order valence-corrected chi connectivity index (χ2v) is 4.36. The van der Waals surface area contributed by atoms with Crippen LogP contribution >= 0.6 is 22.6 Å². The molecule has 16 heavy (non-hydrogen) atoms. The Balaban J connectivity index is 0.000000125. The quantitative estimate of drug-likeness (QED) is 0.582. The van der Waals surface area contributed by atoms with Crippen LogP contribution in [0.5, 0.6) is 0 Å². The van der Waals surface area contributed by atoms with E-state index in [1.807, 2.05) is 42.5 Å². The van der Waals surface area contributed by atoms with E-state index >= 15 is 0 Å². The van der Waals surface area contributed by atoms with E-state index in [9.17, 15) is 0 Å². The molecule has 0 unspecified atom stereocenters. The normalized spacial score (nSPS) is 9.56. The van der Waals surface area contributed by atoms with E-state index in [-0.39, 0.29) is 0 Å². The maximum absolute atomic E-state index is 5.01. The van der Waals surface area contributed by atoms with Crippen LogP contribution in [-0.4, -0.2) is 4.98 Å². The van der Waals surface area contributed by atoms with Crippen LogP contribution in [-0.2, 0) is 0 Å². The molecule has 1 heterocycles. The maximum Gasteiger partial charge on any atom is 0.181 e. The number of aromatic nitrogens is 1. The standard InChI is InChI=1S/C7H5NO.C6H5I/c1-2-4-7-6(3-1)8-5-9-7;7-6-4-2-1-3-5-6/h1-5H;1-5H. The largest absolute Gasteiger partial charge is 0.443 e. The van der Waals surface area contributed by atoms with Crippen molar-refractivity contribution in [1.29, 1.82) is 0 Å². The van der Waals surface area contributed by atoms with Crippen molar-refractivity contribution >= 4 is 33.7 Å². The molecule has 3 aromatic rings. The molecule has 1 aromatic heterocycles. The smallest absolute Gasteiger partial charge is 0.181 e. The van der Waals surface area contributed by atoms with Gasteiger partial charge in [-0.05, 0) is 46.9 Å². The van der Waals surface area contributed by atoms with Crippen molar-refractivity contribution < 1.29 is 4.42 Å². The van der Waals surface area contributed by atoms with Crippen LogP contribution in [0.4, 0.5) is 0 Å². The summed E-state index contributed by atoms with van der Waals surface area (Å²) in [4.78, 5) is 3.95. The summed E-state index contributed by atoms with van der Waals surface area (Å²) in [5.74, 6) is 0. The molecule has 0 bridgehead atoms. The summed E-state index contributed by atoms with van der Waals surface area (Å²) in [5, 5.41) is 0. The Bertz CT molecular complexity index is 518. The van der Waals surface area contributed by atoms with Crippen LogP contribution in [0.25, 0.3) is 11.1 Å². The molecule has 0 aliphatic heterocycles. The highest BCUT2D eigenvalue weighted by Crippen LogP contribution is 2.09. The van der Waals surface area contributed by atoms with E-state index in [0.29, 0.717) is 0 Å². The summed E-state index contributed by atoms with van der Waals surface area (Å²) < 4.78 is 6.30. The van der Waals surface area contributed by atoms with Gasteiger partial charge in [0.25, 0.3) is 0 Å². The lowest BCUT2D eigenvalue weighted by molar-refractivity contribution is 0.602. The van der Waals surface area contributed by atoms with Gasteiger partial charge < -0.3 is 4.42 Å². The minimum Gasteiger partial charge on any atom is -0.443 e. The monoisotopic (exact) mass is 323 g/mol. The molecule has 2 nitrogen and oxygen atoms in total. The summed E-state index contributed by atoms with van der Waals surface area (Å²) in [5.41, 5.74) is 1.76. The van der Waals surface area contributed by atoms with Crippen molar-refractivity contribution in [2.75, 3.05) is 0 Å². The topological polar surface area (TPSA) is 26.0 Å². The van der Waals surface area contributed by atoms with Crippen molar-refractivity contribution in [1.82, 2.24) is 4.98 Å². The second kappa shape index (κ2) is 5.65. The fourth-order valence-electron chi connectivity index (χ4n) is 1.22. The molecule has 0 saturated heterocycles. The lowest BCUT2D eigenvalue weighted by atomic mass is 10.3. The summed E-state index contributed by atoms with van der Waals surface area (Å²) in [6.07, 6.45) is 1.45. The third-order valence-electron chi connectivity index (χ3n) is 1.97. The average molecular weight is 323 g/mol. The minimum absolute atomic E-state index is 0.845. The molecule has 2 aromatic carbocycles. The Labute approximate surface area is 107 Å². The zero-order chi connectivity index (χ0) is 11.2. The molecule has 0 radical (unpaired) electrons. The average Bonchev–Trinajstić information content (AvgIpc) is 2.79. The van der Waals surface area contributed by atoms with Gasteiger partial charge in [0.15, 0.2) is 12.0 Å². The van der Waals surface area contributed by atoms with Crippen LogP contribution in [0.3, 0.4) is 0 Å². The Morgan fingerprint density at radius 2 is 1.56 bits per heavy atom.